The molecule has 2 atom stereocenters. The van der Waals surface area contributed by atoms with Crippen molar-refractivity contribution in [2.45, 2.75) is 25.8 Å². The Hall–Kier alpha value is -0.290. The van der Waals surface area contributed by atoms with E-state index in [2.05, 4.69) is 33.5 Å². The Kier molecular flexibility index (Phi) is 5.12. The van der Waals surface area contributed by atoms with Crippen LogP contribution in [0.25, 0.3) is 0 Å². The van der Waals surface area contributed by atoms with Gasteiger partial charge in [0, 0.05) is 4.47 Å². The molecule has 2 unspecified atom stereocenters. The quantitative estimate of drug-likeness (QED) is 0.775. The maximum absolute atomic E-state index is 12.2. The lowest BCUT2D eigenvalue weighted by Gasteiger charge is -2.27. The van der Waals surface area contributed by atoms with Crippen molar-refractivity contribution in [2.24, 2.45) is 5.92 Å². The number of hydrogen-bond donors (Lipinski definition) is 2. The number of halogens is 3. The van der Waals surface area contributed by atoms with Crippen molar-refractivity contribution in [2.75, 3.05) is 11.9 Å². The molecule has 19 heavy (non-hydrogen) atoms. The van der Waals surface area contributed by atoms with Crippen LogP contribution in [-0.4, -0.2) is 18.5 Å². The van der Waals surface area contributed by atoms with E-state index in [-0.39, 0.29) is 11.9 Å². The van der Waals surface area contributed by atoms with Gasteiger partial charge in [-0.1, -0.05) is 30.1 Å². The van der Waals surface area contributed by atoms with Crippen molar-refractivity contribution in [3.05, 3.63) is 26.7 Å². The molecular formula is C13H15BrCl2N2O. The van der Waals surface area contributed by atoms with E-state index in [0.717, 1.165) is 19.4 Å². The van der Waals surface area contributed by atoms with Crippen LogP contribution in [-0.2, 0) is 4.79 Å². The van der Waals surface area contributed by atoms with Gasteiger partial charge in [-0.3, -0.25) is 4.79 Å². The van der Waals surface area contributed by atoms with Gasteiger partial charge in [0.1, 0.15) is 0 Å². The molecule has 1 amide bonds. The third-order valence-electron chi connectivity index (χ3n) is 3.28. The second-order valence-electron chi connectivity index (χ2n) is 4.85. The molecule has 0 bridgehead atoms. The molecule has 1 aliphatic rings. The van der Waals surface area contributed by atoms with E-state index in [1.807, 2.05) is 0 Å². The topological polar surface area (TPSA) is 41.1 Å². The Bertz CT molecular complexity index is 496. The fourth-order valence-electron chi connectivity index (χ4n) is 2.15. The van der Waals surface area contributed by atoms with Crippen LogP contribution in [0.2, 0.25) is 10.0 Å². The molecule has 1 aromatic rings. The lowest BCUT2D eigenvalue weighted by molar-refractivity contribution is -0.119. The molecule has 0 saturated carbocycles. The van der Waals surface area contributed by atoms with Gasteiger partial charge < -0.3 is 10.6 Å². The van der Waals surface area contributed by atoms with Crippen molar-refractivity contribution in [1.82, 2.24) is 5.32 Å². The summed E-state index contributed by atoms with van der Waals surface area (Å²) in [6.45, 7) is 3.03. The van der Waals surface area contributed by atoms with Crippen LogP contribution in [0.1, 0.15) is 19.8 Å². The number of piperidine rings is 1. The standard InChI is InChI=1S/C13H15BrCl2N2O/c1-7-4-5-17-10(6-7)13(19)18-9-3-2-8(14)11(15)12(9)16/h2-3,7,10,17H,4-6H2,1H3,(H,18,19). The van der Waals surface area contributed by atoms with Crippen LogP contribution >= 0.6 is 39.1 Å². The summed E-state index contributed by atoms with van der Waals surface area (Å²) in [5, 5.41) is 6.81. The van der Waals surface area contributed by atoms with Gasteiger partial charge in [-0.05, 0) is 53.4 Å². The largest absolute Gasteiger partial charge is 0.323 e. The maximum atomic E-state index is 12.2. The van der Waals surface area contributed by atoms with Gasteiger partial charge in [0.2, 0.25) is 5.91 Å². The molecule has 1 aromatic carbocycles. The third kappa shape index (κ3) is 3.63. The summed E-state index contributed by atoms with van der Waals surface area (Å²) >= 11 is 15.4. The summed E-state index contributed by atoms with van der Waals surface area (Å²) in [5.74, 6) is 0.493. The van der Waals surface area contributed by atoms with E-state index >= 15 is 0 Å². The van der Waals surface area contributed by atoms with Crippen LogP contribution in [0.5, 0.6) is 0 Å². The van der Waals surface area contributed by atoms with Crippen molar-refractivity contribution < 1.29 is 4.79 Å². The predicted molar refractivity (Wildman–Crippen MR) is 83.0 cm³/mol. The smallest absolute Gasteiger partial charge is 0.241 e. The Labute approximate surface area is 131 Å². The highest BCUT2D eigenvalue weighted by molar-refractivity contribution is 9.10. The summed E-state index contributed by atoms with van der Waals surface area (Å²) in [5.41, 5.74) is 0.542. The number of nitrogens with one attached hydrogen (secondary N) is 2. The van der Waals surface area contributed by atoms with Crippen LogP contribution in [0.3, 0.4) is 0 Å². The first-order valence-corrected chi connectivity index (χ1v) is 7.71. The van der Waals surface area contributed by atoms with E-state index in [9.17, 15) is 4.79 Å². The molecule has 6 heteroatoms. The van der Waals surface area contributed by atoms with Gasteiger partial charge in [0.25, 0.3) is 0 Å². The van der Waals surface area contributed by atoms with Crippen LogP contribution < -0.4 is 10.6 Å². The summed E-state index contributed by atoms with van der Waals surface area (Å²) in [6, 6.07) is 3.34. The fourth-order valence-corrected chi connectivity index (χ4v) is 2.97. The zero-order valence-corrected chi connectivity index (χ0v) is 13.6. The van der Waals surface area contributed by atoms with Crippen molar-refractivity contribution >= 4 is 50.7 Å². The number of benzene rings is 1. The third-order valence-corrected chi connectivity index (χ3v) is 5.05. The first kappa shape index (κ1) is 15.1. The number of carbonyl (C=O) groups excluding carboxylic acids is 1. The van der Waals surface area contributed by atoms with Crippen molar-refractivity contribution in [3.63, 3.8) is 0 Å². The number of carbonyl (C=O) groups is 1. The lowest BCUT2D eigenvalue weighted by Crippen LogP contribution is -2.45. The van der Waals surface area contributed by atoms with E-state index < -0.39 is 0 Å². The molecule has 104 valence electrons. The van der Waals surface area contributed by atoms with Gasteiger partial charge in [0.05, 0.1) is 21.8 Å². The molecule has 1 heterocycles. The zero-order valence-electron chi connectivity index (χ0n) is 10.5. The van der Waals surface area contributed by atoms with Gasteiger partial charge in [-0.2, -0.15) is 0 Å². The van der Waals surface area contributed by atoms with E-state index in [4.69, 9.17) is 23.2 Å². The van der Waals surface area contributed by atoms with Crippen molar-refractivity contribution in [1.29, 1.82) is 0 Å². The number of hydrogen-bond acceptors (Lipinski definition) is 2. The molecule has 1 aliphatic heterocycles. The van der Waals surface area contributed by atoms with Gasteiger partial charge in [-0.25, -0.2) is 0 Å². The zero-order chi connectivity index (χ0) is 14.0. The highest BCUT2D eigenvalue weighted by Crippen LogP contribution is 2.36. The molecule has 0 radical (unpaired) electrons. The Morgan fingerprint density at radius 2 is 2.16 bits per heavy atom. The second-order valence-corrected chi connectivity index (χ2v) is 6.46. The molecule has 2 N–H and O–H groups in total. The lowest BCUT2D eigenvalue weighted by atomic mass is 9.94. The highest BCUT2D eigenvalue weighted by atomic mass is 79.9. The minimum atomic E-state index is -0.165. The first-order valence-electron chi connectivity index (χ1n) is 6.16. The van der Waals surface area contributed by atoms with Crippen LogP contribution in [0, 0.1) is 5.92 Å². The summed E-state index contributed by atoms with van der Waals surface area (Å²) < 4.78 is 0.710. The average molecular weight is 366 g/mol. The molecule has 2 rings (SSSR count). The first-order chi connectivity index (χ1) is 8.99. The highest BCUT2D eigenvalue weighted by Gasteiger charge is 2.25. The molecular weight excluding hydrogens is 351 g/mol. The molecule has 3 nitrogen and oxygen atoms in total. The SMILES string of the molecule is CC1CCNC(C(=O)Nc2ccc(Br)c(Cl)c2Cl)C1. The van der Waals surface area contributed by atoms with Crippen LogP contribution in [0.15, 0.2) is 16.6 Å². The number of amides is 1. The van der Waals surface area contributed by atoms with Crippen molar-refractivity contribution in [3.8, 4) is 0 Å². The van der Waals surface area contributed by atoms with Gasteiger partial charge in [-0.15, -0.1) is 0 Å². The fraction of sp³-hybridized carbons (Fsp3) is 0.462. The predicted octanol–water partition coefficient (Wildman–Crippen LogP) is 4.08. The second kappa shape index (κ2) is 6.44. The average Bonchev–Trinajstić information content (AvgIpc) is 2.39. The number of rotatable bonds is 2. The monoisotopic (exact) mass is 364 g/mol. The molecule has 1 saturated heterocycles. The minimum Gasteiger partial charge on any atom is -0.323 e. The summed E-state index contributed by atoms with van der Waals surface area (Å²) in [6.07, 6.45) is 1.95. The minimum absolute atomic E-state index is 0.0631. The maximum Gasteiger partial charge on any atom is 0.241 e. The Morgan fingerprint density at radius 1 is 1.42 bits per heavy atom. The number of anilines is 1. The summed E-state index contributed by atoms with van der Waals surface area (Å²) in [4.78, 5) is 12.2. The Morgan fingerprint density at radius 3 is 2.84 bits per heavy atom. The molecule has 0 spiro atoms. The van der Waals surface area contributed by atoms with Gasteiger partial charge >= 0.3 is 0 Å². The molecule has 0 aliphatic carbocycles. The van der Waals surface area contributed by atoms with E-state index in [1.54, 1.807) is 12.1 Å². The summed E-state index contributed by atoms with van der Waals surface area (Å²) in [7, 11) is 0. The van der Waals surface area contributed by atoms with E-state index in [0.29, 0.717) is 26.1 Å². The normalized spacial score (nSPS) is 23.2. The van der Waals surface area contributed by atoms with E-state index in [1.165, 1.54) is 0 Å². The Balaban J connectivity index is 2.08. The van der Waals surface area contributed by atoms with Crippen LogP contribution in [0.4, 0.5) is 5.69 Å². The van der Waals surface area contributed by atoms with Gasteiger partial charge in [0.15, 0.2) is 0 Å². The molecule has 0 aromatic heterocycles. The molecule has 1 fully saturated rings.